The second-order valence-electron chi connectivity index (χ2n) is 6.23. The minimum Gasteiger partial charge on any atom is -0.268 e. The normalized spacial score (nSPS) is 11.1. The largest absolute Gasteiger partial charge is 0.280 e. The van der Waals surface area contributed by atoms with E-state index in [1.54, 1.807) is 30.3 Å². The van der Waals surface area contributed by atoms with Crippen LogP contribution in [0.25, 0.3) is 27.7 Å². The predicted octanol–water partition coefficient (Wildman–Crippen LogP) is 3.82. The minimum atomic E-state index is -0.571. The highest BCUT2D eigenvalue weighted by atomic mass is 32.1. The van der Waals surface area contributed by atoms with E-state index in [2.05, 4.69) is 10.4 Å². The highest BCUT2D eigenvalue weighted by Gasteiger charge is 2.15. The van der Waals surface area contributed by atoms with Crippen molar-refractivity contribution in [2.75, 3.05) is 5.43 Å². The molecule has 4 aromatic rings. The lowest BCUT2D eigenvalue weighted by atomic mass is 10.2. The first-order chi connectivity index (χ1) is 14.5. The number of rotatable bonds is 5. The van der Waals surface area contributed by atoms with Gasteiger partial charge in [-0.25, -0.2) is 4.98 Å². The van der Waals surface area contributed by atoms with E-state index >= 15 is 0 Å². The topological polar surface area (TPSA) is 107 Å². The Balaban J connectivity index is 1.69. The molecule has 4 rings (SSSR count). The molecule has 2 heterocycles. The van der Waals surface area contributed by atoms with E-state index in [1.807, 2.05) is 17.5 Å². The van der Waals surface area contributed by atoms with Crippen molar-refractivity contribution in [1.82, 2.24) is 9.66 Å². The molecule has 0 atom stereocenters. The van der Waals surface area contributed by atoms with Crippen molar-refractivity contribution < 1.29 is 9.72 Å². The number of carbonyl (C=O) groups is 1. The van der Waals surface area contributed by atoms with Gasteiger partial charge in [-0.05, 0) is 35.2 Å². The van der Waals surface area contributed by atoms with Crippen LogP contribution in [-0.4, -0.2) is 20.5 Å². The number of carbonyl (C=O) groups excluding carboxylic acids is 1. The number of nitrogens with zero attached hydrogens (tertiary/aromatic N) is 3. The van der Waals surface area contributed by atoms with Crippen LogP contribution in [0.4, 0.5) is 5.69 Å². The van der Waals surface area contributed by atoms with Crippen LogP contribution in [0.15, 0.2) is 76.9 Å². The lowest BCUT2D eigenvalue weighted by Crippen LogP contribution is -2.34. The summed E-state index contributed by atoms with van der Waals surface area (Å²) in [5.41, 5.74) is 3.10. The fraction of sp³-hybridized carbons (Fsp3) is 0. The van der Waals surface area contributed by atoms with Gasteiger partial charge in [-0.1, -0.05) is 30.3 Å². The molecule has 9 heteroatoms. The summed E-state index contributed by atoms with van der Waals surface area (Å²) < 4.78 is 1.12. The monoisotopic (exact) mass is 418 g/mol. The molecule has 0 spiro atoms. The van der Waals surface area contributed by atoms with Crippen molar-refractivity contribution >= 4 is 39.9 Å². The predicted molar refractivity (Wildman–Crippen MR) is 116 cm³/mol. The minimum absolute atomic E-state index is 0.0764. The van der Waals surface area contributed by atoms with Crippen LogP contribution in [0, 0.1) is 10.1 Å². The second-order valence-corrected chi connectivity index (χ2v) is 7.18. The summed E-state index contributed by atoms with van der Waals surface area (Å²) in [7, 11) is 0. The first-order valence-electron chi connectivity index (χ1n) is 8.82. The molecular weight excluding hydrogens is 404 g/mol. The maximum absolute atomic E-state index is 13.0. The molecule has 0 bridgehead atoms. The summed E-state index contributed by atoms with van der Waals surface area (Å²) in [5, 5.41) is 13.1. The number of hydrogen-bond donors (Lipinski definition) is 1. The van der Waals surface area contributed by atoms with Gasteiger partial charge in [0.2, 0.25) is 0 Å². The Morgan fingerprint density at radius 3 is 2.73 bits per heavy atom. The molecule has 1 N–H and O–H groups in total. The number of nitro benzene ring substituents is 1. The molecule has 148 valence electrons. The molecule has 0 aliphatic heterocycles. The first kappa shape index (κ1) is 19.2. The number of hydrogen-bond acceptors (Lipinski definition) is 6. The number of nitro groups is 1. The molecule has 0 saturated heterocycles. The highest BCUT2D eigenvalue weighted by molar-refractivity contribution is 7.13. The molecule has 0 fully saturated rings. The van der Waals surface area contributed by atoms with Crippen LogP contribution in [0.5, 0.6) is 0 Å². The van der Waals surface area contributed by atoms with Crippen LogP contribution >= 0.6 is 11.3 Å². The van der Waals surface area contributed by atoms with Gasteiger partial charge in [0, 0.05) is 18.2 Å². The third-order valence-electron chi connectivity index (χ3n) is 4.25. The zero-order valence-corrected chi connectivity index (χ0v) is 16.2. The molecule has 30 heavy (non-hydrogen) atoms. The second kappa shape index (κ2) is 8.10. The van der Waals surface area contributed by atoms with Crippen LogP contribution < -0.4 is 11.0 Å². The van der Waals surface area contributed by atoms with Crippen LogP contribution in [-0.2, 0) is 4.79 Å². The third kappa shape index (κ3) is 3.87. The van der Waals surface area contributed by atoms with E-state index in [-0.39, 0.29) is 5.69 Å². The quantitative estimate of drug-likeness (QED) is 0.301. The summed E-state index contributed by atoms with van der Waals surface area (Å²) in [6.07, 6.45) is 2.64. The van der Waals surface area contributed by atoms with Crippen molar-refractivity contribution in [3.05, 3.63) is 98.2 Å². The number of thiophene rings is 1. The molecule has 0 aliphatic carbocycles. The molecule has 0 aliphatic rings. The fourth-order valence-electron chi connectivity index (χ4n) is 2.87. The maximum Gasteiger partial charge on any atom is 0.280 e. The molecular formula is C21H14N4O4S. The molecule has 0 saturated carbocycles. The lowest BCUT2D eigenvalue weighted by Gasteiger charge is -2.12. The van der Waals surface area contributed by atoms with Crippen molar-refractivity contribution in [2.45, 2.75) is 0 Å². The average molecular weight is 418 g/mol. The standard InChI is InChI=1S/C21H14N4O4S/c26-19(11-10-14-5-3-6-15(13-14)25(28)29)23-24-20(18-9-4-12-30-18)22-17-8-2-1-7-16(17)21(24)27/h1-13H,(H,23,26)/b11-10+. The number of nitrogens with one attached hydrogen (secondary N) is 1. The van der Waals surface area contributed by atoms with Crippen molar-refractivity contribution in [2.24, 2.45) is 0 Å². The van der Waals surface area contributed by atoms with E-state index in [1.165, 1.54) is 41.7 Å². The molecule has 2 aromatic heterocycles. The Morgan fingerprint density at radius 2 is 1.97 bits per heavy atom. The van der Waals surface area contributed by atoms with Crippen LogP contribution in [0.1, 0.15) is 5.56 Å². The van der Waals surface area contributed by atoms with Gasteiger partial charge < -0.3 is 0 Å². The summed E-state index contributed by atoms with van der Waals surface area (Å²) in [4.78, 5) is 41.1. The van der Waals surface area contributed by atoms with Gasteiger partial charge in [0.25, 0.3) is 17.2 Å². The molecule has 0 radical (unpaired) electrons. The summed E-state index contributed by atoms with van der Waals surface area (Å²) in [6, 6.07) is 16.4. The smallest absolute Gasteiger partial charge is 0.268 e. The SMILES string of the molecule is O=C(/C=C/c1cccc([N+](=O)[O-])c1)Nn1c(-c2cccs2)nc2ccccc2c1=O. The van der Waals surface area contributed by atoms with E-state index in [0.717, 1.165) is 9.55 Å². The lowest BCUT2D eigenvalue weighted by molar-refractivity contribution is -0.384. The Bertz CT molecular complexity index is 1340. The summed E-state index contributed by atoms with van der Waals surface area (Å²) >= 11 is 1.39. The van der Waals surface area contributed by atoms with Crippen LogP contribution in [0.3, 0.4) is 0 Å². The van der Waals surface area contributed by atoms with Gasteiger partial charge in [-0.2, -0.15) is 4.68 Å². The summed E-state index contributed by atoms with van der Waals surface area (Å²) in [5.74, 6) is -0.246. The van der Waals surface area contributed by atoms with Crippen molar-refractivity contribution in [3.63, 3.8) is 0 Å². The summed E-state index contributed by atoms with van der Waals surface area (Å²) in [6.45, 7) is 0. The van der Waals surface area contributed by atoms with E-state index in [9.17, 15) is 19.7 Å². The van der Waals surface area contributed by atoms with E-state index < -0.39 is 16.4 Å². The number of fused-ring (bicyclic) bond motifs is 1. The van der Waals surface area contributed by atoms with Crippen molar-refractivity contribution in [1.29, 1.82) is 0 Å². The van der Waals surface area contributed by atoms with Gasteiger partial charge >= 0.3 is 0 Å². The maximum atomic E-state index is 13.0. The van der Waals surface area contributed by atoms with E-state index in [0.29, 0.717) is 22.3 Å². The zero-order chi connectivity index (χ0) is 21.1. The molecule has 0 unspecified atom stereocenters. The molecule has 1 amide bonds. The Morgan fingerprint density at radius 1 is 1.13 bits per heavy atom. The highest BCUT2D eigenvalue weighted by Crippen LogP contribution is 2.23. The average Bonchev–Trinajstić information content (AvgIpc) is 3.29. The first-order valence-corrected chi connectivity index (χ1v) is 9.70. The Labute approximate surface area is 173 Å². The number of benzene rings is 2. The Hall–Kier alpha value is -4.11. The van der Waals surface area contributed by atoms with Gasteiger partial charge in [-0.15, -0.1) is 11.3 Å². The fourth-order valence-corrected chi connectivity index (χ4v) is 3.57. The van der Waals surface area contributed by atoms with Crippen LogP contribution in [0.2, 0.25) is 0 Å². The Kier molecular flexibility index (Phi) is 5.19. The number of aromatic nitrogens is 2. The van der Waals surface area contributed by atoms with E-state index in [4.69, 9.17) is 0 Å². The number of amides is 1. The van der Waals surface area contributed by atoms with Gasteiger partial charge in [0.05, 0.1) is 20.7 Å². The molecule has 8 nitrogen and oxygen atoms in total. The molecule has 2 aromatic carbocycles. The van der Waals surface area contributed by atoms with Gasteiger partial charge in [0.15, 0.2) is 5.82 Å². The van der Waals surface area contributed by atoms with Crippen molar-refractivity contribution in [3.8, 4) is 10.7 Å². The van der Waals surface area contributed by atoms with Gasteiger partial charge in [0.1, 0.15) is 0 Å². The number of non-ortho nitro benzene ring substituents is 1. The van der Waals surface area contributed by atoms with Gasteiger partial charge in [-0.3, -0.25) is 25.1 Å². The third-order valence-corrected chi connectivity index (χ3v) is 5.11. The zero-order valence-electron chi connectivity index (χ0n) is 15.4. The number of para-hydroxylation sites is 1.